The van der Waals surface area contributed by atoms with Crippen molar-refractivity contribution in [3.05, 3.63) is 11.4 Å². The van der Waals surface area contributed by atoms with Crippen molar-refractivity contribution in [2.24, 2.45) is 0 Å². The van der Waals surface area contributed by atoms with E-state index in [1.165, 1.54) is 0 Å². The van der Waals surface area contributed by atoms with E-state index in [1.807, 2.05) is 0 Å². The van der Waals surface area contributed by atoms with Crippen molar-refractivity contribution in [1.82, 2.24) is 9.97 Å². The lowest BCUT2D eigenvalue weighted by Gasteiger charge is -2.33. The highest BCUT2D eigenvalue weighted by molar-refractivity contribution is 5.58. The topological polar surface area (TPSA) is 49.8 Å². The van der Waals surface area contributed by atoms with Gasteiger partial charge in [-0.25, -0.2) is 9.97 Å². The van der Waals surface area contributed by atoms with Crippen LogP contribution in [0.3, 0.4) is 0 Å². The molecule has 0 aliphatic rings. The standard InChI is InChI=1S/C17H32N4/c1-7-12-14-19-15(18-11-5)13(6)16(20-14)21-17(8-2,9-3)10-4/h7-12H2,1-6H3,(H2,18,19,20,21). The minimum atomic E-state index is 0.131. The molecule has 0 amide bonds. The van der Waals surface area contributed by atoms with Crippen LogP contribution in [0.2, 0.25) is 0 Å². The molecule has 0 spiro atoms. The second kappa shape index (κ2) is 8.20. The van der Waals surface area contributed by atoms with E-state index in [2.05, 4.69) is 57.2 Å². The number of aryl methyl sites for hydroxylation is 1. The molecule has 0 bridgehead atoms. The molecule has 1 heterocycles. The minimum Gasteiger partial charge on any atom is -0.370 e. The van der Waals surface area contributed by atoms with Crippen LogP contribution in [-0.2, 0) is 6.42 Å². The first-order valence-corrected chi connectivity index (χ1v) is 8.45. The molecule has 0 unspecified atom stereocenters. The van der Waals surface area contributed by atoms with Gasteiger partial charge in [-0.05, 0) is 39.5 Å². The second-order valence-corrected chi connectivity index (χ2v) is 5.71. The lowest BCUT2D eigenvalue weighted by molar-refractivity contribution is 0.418. The van der Waals surface area contributed by atoms with Crippen LogP contribution < -0.4 is 10.6 Å². The van der Waals surface area contributed by atoms with Crippen molar-refractivity contribution >= 4 is 11.6 Å². The molecule has 120 valence electrons. The van der Waals surface area contributed by atoms with Crippen molar-refractivity contribution in [1.29, 1.82) is 0 Å². The van der Waals surface area contributed by atoms with E-state index in [4.69, 9.17) is 4.98 Å². The summed E-state index contributed by atoms with van der Waals surface area (Å²) in [7, 11) is 0. The molecule has 0 aliphatic heterocycles. The van der Waals surface area contributed by atoms with Crippen LogP contribution >= 0.6 is 0 Å². The van der Waals surface area contributed by atoms with Crippen molar-refractivity contribution in [2.75, 3.05) is 17.2 Å². The summed E-state index contributed by atoms with van der Waals surface area (Å²) < 4.78 is 0. The molecule has 0 saturated carbocycles. The summed E-state index contributed by atoms with van der Waals surface area (Å²) in [5, 5.41) is 7.08. The maximum Gasteiger partial charge on any atom is 0.135 e. The lowest BCUT2D eigenvalue weighted by atomic mass is 9.89. The molecular formula is C17H32N4. The van der Waals surface area contributed by atoms with Gasteiger partial charge in [0, 0.05) is 24.1 Å². The Morgan fingerprint density at radius 1 is 0.905 bits per heavy atom. The number of nitrogens with one attached hydrogen (secondary N) is 2. The van der Waals surface area contributed by atoms with Crippen LogP contribution in [0.5, 0.6) is 0 Å². The van der Waals surface area contributed by atoms with Crippen molar-refractivity contribution in [3.8, 4) is 0 Å². The Hall–Kier alpha value is -1.32. The van der Waals surface area contributed by atoms with Crippen LogP contribution in [0.4, 0.5) is 11.6 Å². The highest BCUT2D eigenvalue weighted by Crippen LogP contribution is 2.28. The van der Waals surface area contributed by atoms with Crippen LogP contribution in [0.15, 0.2) is 0 Å². The number of aromatic nitrogens is 2. The maximum atomic E-state index is 4.77. The van der Waals surface area contributed by atoms with Gasteiger partial charge in [0.25, 0.3) is 0 Å². The highest BCUT2D eigenvalue weighted by atomic mass is 15.1. The molecule has 1 rings (SSSR count). The van der Waals surface area contributed by atoms with Gasteiger partial charge in [-0.15, -0.1) is 0 Å². The van der Waals surface area contributed by atoms with Crippen molar-refractivity contribution in [3.63, 3.8) is 0 Å². The molecule has 21 heavy (non-hydrogen) atoms. The second-order valence-electron chi connectivity index (χ2n) is 5.71. The largest absolute Gasteiger partial charge is 0.370 e. The van der Waals surface area contributed by atoms with Crippen LogP contribution in [0.1, 0.15) is 71.7 Å². The van der Waals surface area contributed by atoms with E-state index < -0.39 is 0 Å². The van der Waals surface area contributed by atoms with Crippen LogP contribution in [0, 0.1) is 6.92 Å². The average Bonchev–Trinajstić information content (AvgIpc) is 2.50. The first-order chi connectivity index (χ1) is 10.1. The first kappa shape index (κ1) is 17.7. The summed E-state index contributed by atoms with van der Waals surface area (Å²) in [6, 6.07) is 0. The minimum absolute atomic E-state index is 0.131. The molecule has 0 aromatic carbocycles. The zero-order valence-electron chi connectivity index (χ0n) is 14.6. The van der Waals surface area contributed by atoms with E-state index in [1.54, 1.807) is 0 Å². The molecule has 1 aromatic heterocycles. The third-order valence-corrected chi connectivity index (χ3v) is 4.42. The number of anilines is 2. The molecule has 4 heteroatoms. The Bertz CT molecular complexity index is 430. The van der Waals surface area contributed by atoms with Gasteiger partial charge in [0.05, 0.1) is 0 Å². The van der Waals surface area contributed by atoms with Crippen molar-refractivity contribution in [2.45, 2.75) is 79.2 Å². The van der Waals surface area contributed by atoms with E-state index in [9.17, 15) is 0 Å². The monoisotopic (exact) mass is 292 g/mol. The molecule has 0 fully saturated rings. The molecular weight excluding hydrogens is 260 g/mol. The Morgan fingerprint density at radius 2 is 1.48 bits per heavy atom. The van der Waals surface area contributed by atoms with Crippen molar-refractivity contribution < 1.29 is 0 Å². The fourth-order valence-corrected chi connectivity index (χ4v) is 2.63. The number of hydrogen-bond acceptors (Lipinski definition) is 4. The maximum absolute atomic E-state index is 4.77. The molecule has 2 N–H and O–H groups in total. The molecule has 0 atom stereocenters. The predicted molar refractivity (Wildman–Crippen MR) is 92.2 cm³/mol. The lowest BCUT2D eigenvalue weighted by Crippen LogP contribution is -2.37. The van der Waals surface area contributed by atoms with Crippen LogP contribution in [-0.4, -0.2) is 22.1 Å². The van der Waals surface area contributed by atoms with E-state index >= 15 is 0 Å². The smallest absolute Gasteiger partial charge is 0.135 e. The summed E-state index contributed by atoms with van der Waals surface area (Å²) in [5.74, 6) is 2.89. The third kappa shape index (κ3) is 4.32. The summed E-state index contributed by atoms with van der Waals surface area (Å²) in [4.78, 5) is 9.43. The molecule has 1 aromatic rings. The van der Waals surface area contributed by atoms with Crippen LogP contribution in [0.25, 0.3) is 0 Å². The fourth-order valence-electron chi connectivity index (χ4n) is 2.63. The SMILES string of the molecule is CCCc1nc(NCC)c(C)c(NC(CC)(CC)CC)n1. The third-order valence-electron chi connectivity index (χ3n) is 4.42. The van der Waals surface area contributed by atoms with Gasteiger partial charge < -0.3 is 10.6 Å². The Morgan fingerprint density at radius 3 is 1.95 bits per heavy atom. The molecule has 0 radical (unpaired) electrons. The Balaban J connectivity index is 3.19. The zero-order valence-corrected chi connectivity index (χ0v) is 14.6. The fraction of sp³-hybridized carbons (Fsp3) is 0.765. The number of rotatable bonds is 9. The van der Waals surface area contributed by atoms with Gasteiger partial charge in [-0.3, -0.25) is 0 Å². The molecule has 4 nitrogen and oxygen atoms in total. The van der Waals surface area contributed by atoms with E-state index in [-0.39, 0.29) is 5.54 Å². The van der Waals surface area contributed by atoms with Gasteiger partial charge in [-0.1, -0.05) is 27.7 Å². The Kier molecular flexibility index (Phi) is 6.93. The highest BCUT2D eigenvalue weighted by Gasteiger charge is 2.25. The first-order valence-electron chi connectivity index (χ1n) is 8.45. The summed E-state index contributed by atoms with van der Waals surface area (Å²) in [5.41, 5.74) is 1.25. The van der Waals surface area contributed by atoms with E-state index in [0.717, 1.165) is 61.7 Å². The average molecular weight is 292 g/mol. The quantitative estimate of drug-likeness (QED) is 0.701. The molecule has 0 aliphatic carbocycles. The van der Waals surface area contributed by atoms with Gasteiger partial charge in [0.15, 0.2) is 0 Å². The zero-order chi connectivity index (χ0) is 15.9. The van der Waals surface area contributed by atoms with Gasteiger partial charge in [-0.2, -0.15) is 0 Å². The summed E-state index contributed by atoms with van der Waals surface area (Å²) in [6.07, 6.45) is 5.29. The summed E-state index contributed by atoms with van der Waals surface area (Å²) >= 11 is 0. The van der Waals surface area contributed by atoms with Gasteiger partial charge in [0.2, 0.25) is 0 Å². The number of nitrogens with zero attached hydrogens (tertiary/aromatic N) is 2. The molecule has 0 saturated heterocycles. The van der Waals surface area contributed by atoms with Gasteiger partial charge >= 0.3 is 0 Å². The van der Waals surface area contributed by atoms with Gasteiger partial charge in [0.1, 0.15) is 17.5 Å². The van der Waals surface area contributed by atoms with E-state index in [0.29, 0.717) is 0 Å². The number of hydrogen-bond donors (Lipinski definition) is 2. The normalized spacial score (nSPS) is 11.5. The summed E-state index contributed by atoms with van der Waals surface area (Å²) in [6.45, 7) is 14.0. The Labute approximate surface area is 130 Å². The predicted octanol–water partition coefficient (Wildman–Crippen LogP) is 4.55.